The van der Waals surface area contributed by atoms with Crippen LogP contribution in [0.4, 0.5) is 5.13 Å². The summed E-state index contributed by atoms with van der Waals surface area (Å²) in [7, 11) is 0. The molecule has 18 heavy (non-hydrogen) atoms. The number of rotatable bonds is 7. The largest absolute Gasteiger partial charge is 0.394 e. The van der Waals surface area contributed by atoms with Crippen molar-refractivity contribution >= 4 is 28.2 Å². The van der Waals surface area contributed by atoms with Gasteiger partial charge in [-0.15, -0.1) is 10.2 Å². The lowest BCUT2D eigenvalue weighted by atomic mass is 10.2. The van der Waals surface area contributed by atoms with E-state index in [-0.39, 0.29) is 12.7 Å². The minimum atomic E-state index is -0.706. The number of nitrogens with one attached hydrogen (secondary N) is 1. The van der Waals surface area contributed by atoms with Crippen LogP contribution >= 0.6 is 23.1 Å². The highest BCUT2D eigenvalue weighted by atomic mass is 32.2. The Balaban J connectivity index is 1.71. The Morgan fingerprint density at radius 3 is 3.17 bits per heavy atom. The topological polar surface area (TPSA) is 87.5 Å². The molecule has 1 aromatic heterocycles. The van der Waals surface area contributed by atoms with E-state index in [1.807, 2.05) is 0 Å². The zero-order valence-corrected chi connectivity index (χ0v) is 11.5. The first-order valence-electron chi connectivity index (χ1n) is 5.88. The second-order valence-electron chi connectivity index (χ2n) is 4.04. The number of aliphatic hydroxyl groups is 2. The first kappa shape index (κ1) is 14.0. The smallest absolute Gasteiger partial charge is 0.206 e. The molecule has 1 saturated heterocycles. The molecule has 0 radical (unpaired) electrons. The molecule has 1 fully saturated rings. The van der Waals surface area contributed by atoms with E-state index in [1.54, 1.807) is 0 Å². The van der Waals surface area contributed by atoms with Crippen LogP contribution in [0.3, 0.4) is 0 Å². The van der Waals surface area contributed by atoms with E-state index in [9.17, 15) is 5.11 Å². The first-order valence-corrected chi connectivity index (χ1v) is 7.69. The molecule has 8 heteroatoms. The number of ether oxygens (including phenoxy) is 1. The van der Waals surface area contributed by atoms with Gasteiger partial charge in [-0.1, -0.05) is 23.1 Å². The summed E-state index contributed by atoms with van der Waals surface area (Å²) in [6.07, 6.45) is 1.79. The molecule has 2 heterocycles. The highest BCUT2D eigenvalue weighted by molar-refractivity contribution is 8.01. The van der Waals surface area contributed by atoms with E-state index in [4.69, 9.17) is 9.84 Å². The Morgan fingerprint density at radius 2 is 2.44 bits per heavy atom. The molecule has 1 aromatic rings. The molecule has 0 saturated carbocycles. The van der Waals surface area contributed by atoms with Crippen LogP contribution in [0.5, 0.6) is 0 Å². The number of nitrogens with zero attached hydrogens (tertiary/aromatic N) is 2. The summed E-state index contributed by atoms with van der Waals surface area (Å²) in [5.74, 6) is 0.427. The van der Waals surface area contributed by atoms with Crippen LogP contribution in [0.15, 0.2) is 4.34 Å². The maximum absolute atomic E-state index is 9.23. The van der Waals surface area contributed by atoms with Crippen molar-refractivity contribution in [3.63, 3.8) is 0 Å². The monoisotopic (exact) mass is 291 g/mol. The van der Waals surface area contributed by atoms with Crippen molar-refractivity contribution in [1.29, 1.82) is 0 Å². The zero-order valence-electron chi connectivity index (χ0n) is 9.91. The molecular formula is C10H17N3O3S2. The average molecular weight is 291 g/mol. The van der Waals surface area contributed by atoms with E-state index in [2.05, 4.69) is 15.5 Å². The minimum absolute atomic E-state index is 0.226. The molecule has 0 bridgehead atoms. The molecule has 1 aliphatic heterocycles. The van der Waals surface area contributed by atoms with Crippen molar-refractivity contribution in [2.45, 2.75) is 29.4 Å². The van der Waals surface area contributed by atoms with Crippen molar-refractivity contribution in [2.24, 2.45) is 0 Å². The van der Waals surface area contributed by atoms with Gasteiger partial charge in [0.2, 0.25) is 5.13 Å². The highest BCUT2D eigenvalue weighted by Gasteiger charge is 2.16. The lowest BCUT2D eigenvalue weighted by Gasteiger charge is -2.08. The zero-order chi connectivity index (χ0) is 12.8. The van der Waals surface area contributed by atoms with Crippen LogP contribution in [0.25, 0.3) is 0 Å². The van der Waals surface area contributed by atoms with Gasteiger partial charge < -0.3 is 20.3 Å². The molecular weight excluding hydrogens is 274 g/mol. The average Bonchev–Trinajstić information content (AvgIpc) is 3.04. The van der Waals surface area contributed by atoms with Gasteiger partial charge in [-0.25, -0.2) is 0 Å². The van der Waals surface area contributed by atoms with Gasteiger partial charge in [0, 0.05) is 18.9 Å². The lowest BCUT2D eigenvalue weighted by molar-refractivity contribution is 0.113. The molecule has 0 aromatic carbocycles. The van der Waals surface area contributed by atoms with Gasteiger partial charge >= 0.3 is 0 Å². The number of hydrogen-bond donors (Lipinski definition) is 3. The fourth-order valence-corrected chi connectivity index (χ4v) is 3.27. The highest BCUT2D eigenvalue weighted by Crippen LogP contribution is 2.26. The standard InChI is InChI=1S/C10H17N3O3S2/c14-5-7(15)6-17-10-13-12-9(18-10)11-4-8-2-1-3-16-8/h7-8,14-15H,1-6H2,(H,11,12)/t7-,8-/m0/s1. The molecule has 0 amide bonds. The van der Waals surface area contributed by atoms with Crippen molar-refractivity contribution in [3.8, 4) is 0 Å². The van der Waals surface area contributed by atoms with Gasteiger partial charge in [-0.3, -0.25) is 0 Å². The third-order valence-electron chi connectivity index (χ3n) is 2.52. The molecule has 1 aliphatic rings. The SMILES string of the molecule is OC[C@H](O)CSc1nnc(NC[C@@H]2CCCO2)s1. The first-order chi connectivity index (χ1) is 8.78. The third kappa shape index (κ3) is 4.36. The molecule has 102 valence electrons. The maximum atomic E-state index is 9.23. The lowest BCUT2D eigenvalue weighted by Crippen LogP contribution is -2.18. The van der Waals surface area contributed by atoms with Gasteiger partial charge in [0.1, 0.15) is 0 Å². The molecule has 6 nitrogen and oxygen atoms in total. The second kappa shape index (κ2) is 7.25. The van der Waals surface area contributed by atoms with Gasteiger partial charge in [0.15, 0.2) is 4.34 Å². The van der Waals surface area contributed by atoms with E-state index >= 15 is 0 Å². The summed E-state index contributed by atoms with van der Waals surface area (Å²) in [6.45, 7) is 1.39. The molecule has 0 spiro atoms. The fraction of sp³-hybridized carbons (Fsp3) is 0.800. The summed E-state index contributed by atoms with van der Waals surface area (Å²) < 4.78 is 6.29. The van der Waals surface area contributed by atoms with Crippen LogP contribution in [0.1, 0.15) is 12.8 Å². The summed E-state index contributed by atoms with van der Waals surface area (Å²) in [5, 5.41) is 29.9. The van der Waals surface area contributed by atoms with Gasteiger partial charge in [0.25, 0.3) is 0 Å². The Morgan fingerprint density at radius 1 is 1.56 bits per heavy atom. The minimum Gasteiger partial charge on any atom is -0.394 e. The predicted octanol–water partition coefficient (Wildman–Crippen LogP) is 0.574. The van der Waals surface area contributed by atoms with E-state index in [0.717, 1.165) is 35.5 Å². The van der Waals surface area contributed by atoms with E-state index < -0.39 is 6.10 Å². The summed E-state index contributed by atoms with van der Waals surface area (Å²) in [4.78, 5) is 0. The number of thioether (sulfide) groups is 1. The van der Waals surface area contributed by atoms with Crippen LogP contribution in [-0.4, -0.2) is 58.1 Å². The normalized spacial score (nSPS) is 21.1. The fourth-order valence-electron chi connectivity index (χ4n) is 1.57. The Kier molecular flexibility index (Phi) is 5.64. The van der Waals surface area contributed by atoms with Gasteiger partial charge in [0.05, 0.1) is 18.8 Å². The number of anilines is 1. The number of aliphatic hydroxyl groups excluding tert-OH is 2. The van der Waals surface area contributed by atoms with Crippen LogP contribution in [0, 0.1) is 0 Å². The molecule has 3 N–H and O–H groups in total. The third-order valence-corrected chi connectivity index (χ3v) is 4.68. The molecule has 0 aliphatic carbocycles. The van der Waals surface area contributed by atoms with Crippen molar-refractivity contribution in [3.05, 3.63) is 0 Å². The summed E-state index contributed by atoms with van der Waals surface area (Å²) in [5.41, 5.74) is 0. The molecule has 0 unspecified atom stereocenters. The van der Waals surface area contributed by atoms with Crippen LogP contribution < -0.4 is 5.32 Å². The van der Waals surface area contributed by atoms with Crippen molar-refractivity contribution in [2.75, 3.05) is 30.8 Å². The van der Waals surface area contributed by atoms with Gasteiger partial charge in [-0.2, -0.15) is 0 Å². The van der Waals surface area contributed by atoms with E-state index in [1.165, 1.54) is 23.1 Å². The van der Waals surface area contributed by atoms with Crippen molar-refractivity contribution in [1.82, 2.24) is 10.2 Å². The summed E-state index contributed by atoms with van der Waals surface area (Å²) >= 11 is 2.85. The number of hydrogen-bond acceptors (Lipinski definition) is 8. The maximum Gasteiger partial charge on any atom is 0.206 e. The summed E-state index contributed by atoms with van der Waals surface area (Å²) in [6, 6.07) is 0. The van der Waals surface area contributed by atoms with Crippen LogP contribution in [0.2, 0.25) is 0 Å². The Labute approximate surface area is 114 Å². The predicted molar refractivity (Wildman–Crippen MR) is 71.2 cm³/mol. The Hall–Kier alpha value is -0.410. The van der Waals surface area contributed by atoms with Crippen LogP contribution in [-0.2, 0) is 4.74 Å². The second-order valence-corrected chi connectivity index (χ2v) is 6.28. The molecule has 2 rings (SSSR count). The van der Waals surface area contributed by atoms with Gasteiger partial charge in [-0.05, 0) is 12.8 Å². The molecule has 2 atom stereocenters. The quantitative estimate of drug-likeness (QED) is 0.633. The Bertz CT molecular complexity index is 358. The number of aromatic nitrogens is 2. The van der Waals surface area contributed by atoms with E-state index in [0.29, 0.717) is 5.75 Å². The van der Waals surface area contributed by atoms with Crippen molar-refractivity contribution < 1.29 is 14.9 Å².